The van der Waals surface area contributed by atoms with Gasteiger partial charge in [-0.05, 0) is 13.0 Å². The molecule has 2 aromatic rings. The van der Waals surface area contributed by atoms with Gasteiger partial charge in [-0.3, -0.25) is 0 Å². The number of nitrogens with one attached hydrogen (secondary N) is 1. The second kappa shape index (κ2) is 5.80. The van der Waals surface area contributed by atoms with E-state index in [2.05, 4.69) is 36.1 Å². The zero-order valence-electron chi connectivity index (χ0n) is 12.4. The first-order valence-corrected chi connectivity index (χ1v) is 7.18. The molecule has 0 bridgehead atoms. The number of hydrogen-bond acceptors (Lipinski definition) is 3. The average molecular weight is 290 g/mol. The first-order valence-electron chi connectivity index (χ1n) is 6.80. The van der Waals surface area contributed by atoms with Crippen molar-refractivity contribution in [3.8, 4) is 11.3 Å². The molecule has 3 nitrogen and oxygen atoms in total. The summed E-state index contributed by atoms with van der Waals surface area (Å²) in [5.74, 6) is 1.65. The van der Waals surface area contributed by atoms with Crippen LogP contribution < -0.4 is 5.32 Å². The lowest BCUT2D eigenvalue weighted by molar-refractivity contribution is 0.546. The highest BCUT2D eigenvalue weighted by molar-refractivity contribution is 6.33. The highest BCUT2D eigenvalue weighted by Crippen LogP contribution is 2.29. The van der Waals surface area contributed by atoms with E-state index in [1.807, 2.05) is 37.3 Å². The second-order valence-corrected chi connectivity index (χ2v) is 6.13. The van der Waals surface area contributed by atoms with E-state index < -0.39 is 0 Å². The van der Waals surface area contributed by atoms with Gasteiger partial charge in [-0.25, -0.2) is 9.97 Å². The molecule has 2 rings (SSSR count). The quantitative estimate of drug-likeness (QED) is 0.902. The van der Waals surface area contributed by atoms with Gasteiger partial charge in [-0.15, -0.1) is 0 Å². The Morgan fingerprint density at radius 3 is 2.45 bits per heavy atom. The van der Waals surface area contributed by atoms with Crippen molar-refractivity contribution >= 4 is 17.4 Å². The first kappa shape index (κ1) is 14.8. The largest absolute Gasteiger partial charge is 0.370 e. The molecular formula is C16H20ClN3. The van der Waals surface area contributed by atoms with Crippen LogP contribution >= 0.6 is 11.6 Å². The predicted molar refractivity (Wildman–Crippen MR) is 85.3 cm³/mol. The standard InChI is InChI=1S/C16H20ClN3/c1-5-18-14-10-13(11-8-6-7-9-12(11)17)19-15(20-14)16(2,3)4/h6-10H,5H2,1-4H3,(H,18,19,20). The van der Waals surface area contributed by atoms with Crippen molar-refractivity contribution in [1.82, 2.24) is 9.97 Å². The Bertz CT molecular complexity index is 603. The van der Waals surface area contributed by atoms with Crippen LogP contribution in [0.15, 0.2) is 30.3 Å². The van der Waals surface area contributed by atoms with Crippen LogP contribution in [0.5, 0.6) is 0 Å². The maximum absolute atomic E-state index is 6.27. The fraction of sp³-hybridized carbons (Fsp3) is 0.375. The van der Waals surface area contributed by atoms with Crippen molar-refractivity contribution in [3.63, 3.8) is 0 Å². The molecule has 0 atom stereocenters. The fourth-order valence-corrected chi connectivity index (χ4v) is 2.09. The fourth-order valence-electron chi connectivity index (χ4n) is 1.86. The molecule has 0 radical (unpaired) electrons. The van der Waals surface area contributed by atoms with Crippen LogP contribution in [0.2, 0.25) is 5.02 Å². The number of halogens is 1. The Kier molecular flexibility index (Phi) is 4.29. The summed E-state index contributed by atoms with van der Waals surface area (Å²) < 4.78 is 0. The molecular weight excluding hydrogens is 270 g/mol. The van der Waals surface area contributed by atoms with Crippen molar-refractivity contribution in [2.75, 3.05) is 11.9 Å². The molecule has 0 aliphatic carbocycles. The van der Waals surface area contributed by atoms with E-state index in [0.717, 1.165) is 29.4 Å². The van der Waals surface area contributed by atoms with Crippen LogP contribution in [0.25, 0.3) is 11.3 Å². The maximum atomic E-state index is 6.27. The Labute approximate surface area is 125 Å². The molecule has 0 saturated heterocycles. The maximum Gasteiger partial charge on any atom is 0.136 e. The van der Waals surface area contributed by atoms with E-state index in [1.54, 1.807) is 0 Å². The molecule has 1 N–H and O–H groups in total. The topological polar surface area (TPSA) is 37.8 Å². The zero-order valence-corrected chi connectivity index (χ0v) is 13.1. The van der Waals surface area contributed by atoms with Gasteiger partial charge in [0.25, 0.3) is 0 Å². The van der Waals surface area contributed by atoms with Gasteiger partial charge in [0.05, 0.1) is 5.69 Å². The van der Waals surface area contributed by atoms with E-state index >= 15 is 0 Å². The number of benzene rings is 1. The summed E-state index contributed by atoms with van der Waals surface area (Å²) in [6.45, 7) is 9.19. The molecule has 0 fully saturated rings. The minimum atomic E-state index is -0.110. The van der Waals surface area contributed by atoms with Gasteiger partial charge in [-0.1, -0.05) is 50.6 Å². The van der Waals surface area contributed by atoms with Crippen molar-refractivity contribution in [3.05, 3.63) is 41.2 Å². The number of anilines is 1. The highest BCUT2D eigenvalue weighted by Gasteiger charge is 2.20. The SMILES string of the molecule is CCNc1cc(-c2ccccc2Cl)nc(C(C)(C)C)n1. The molecule has 0 unspecified atom stereocenters. The lowest BCUT2D eigenvalue weighted by Gasteiger charge is -2.19. The predicted octanol–water partition coefficient (Wildman–Crippen LogP) is 4.53. The first-order chi connectivity index (χ1) is 9.41. The van der Waals surface area contributed by atoms with Gasteiger partial charge < -0.3 is 5.32 Å². The van der Waals surface area contributed by atoms with Crippen molar-refractivity contribution in [2.24, 2.45) is 0 Å². The van der Waals surface area contributed by atoms with Gasteiger partial charge in [0, 0.05) is 28.6 Å². The third-order valence-corrected chi connectivity index (χ3v) is 3.23. The minimum absolute atomic E-state index is 0.110. The Morgan fingerprint density at radius 1 is 1.15 bits per heavy atom. The Hall–Kier alpha value is -1.61. The molecule has 20 heavy (non-hydrogen) atoms. The molecule has 0 aliphatic rings. The third-order valence-electron chi connectivity index (χ3n) is 2.90. The normalized spacial score (nSPS) is 11.4. The second-order valence-electron chi connectivity index (χ2n) is 5.72. The third kappa shape index (κ3) is 3.28. The highest BCUT2D eigenvalue weighted by atomic mass is 35.5. The summed E-state index contributed by atoms with van der Waals surface area (Å²) in [6.07, 6.45) is 0. The molecule has 1 heterocycles. The summed E-state index contributed by atoms with van der Waals surface area (Å²) in [5.41, 5.74) is 1.68. The lowest BCUT2D eigenvalue weighted by atomic mass is 9.95. The van der Waals surface area contributed by atoms with Crippen molar-refractivity contribution < 1.29 is 0 Å². The summed E-state index contributed by atoms with van der Waals surface area (Å²) in [5, 5.41) is 3.96. The molecule has 0 aliphatic heterocycles. The zero-order chi connectivity index (χ0) is 14.8. The lowest BCUT2D eigenvalue weighted by Crippen LogP contribution is -2.17. The van der Waals surface area contributed by atoms with E-state index in [4.69, 9.17) is 11.6 Å². The van der Waals surface area contributed by atoms with Crippen LogP contribution in [-0.2, 0) is 5.41 Å². The molecule has 0 saturated carbocycles. The molecule has 4 heteroatoms. The molecule has 106 valence electrons. The van der Waals surface area contributed by atoms with E-state index in [1.165, 1.54) is 0 Å². The summed E-state index contributed by atoms with van der Waals surface area (Å²) in [6, 6.07) is 9.69. The van der Waals surface area contributed by atoms with Gasteiger partial charge in [-0.2, -0.15) is 0 Å². The van der Waals surface area contributed by atoms with Crippen LogP contribution in [0.1, 0.15) is 33.5 Å². The number of rotatable bonds is 3. The van der Waals surface area contributed by atoms with E-state index in [9.17, 15) is 0 Å². The number of hydrogen-bond donors (Lipinski definition) is 1. The van der Waals surface area contributed by atoms with E-state index in [0.29, 0.717) is 5.02 Å². The number of nitrogens with zero attached hydrogens (tertiary/aromatic N) is 2. The Balaban J connectivity index is 2.58. The van der Waals surface area contributed by atoms with Gasteiger partial charge in [0.2, 0.25) is 0 Å². The summed E-state index contributed by atoms with van der Waals surface area (Å²) in [7, 11) is 0. The van der Waals surface area contributed by atoms with Gasteiger partial charge in [0.15, 0.2) is 0 Å². The molecule has 1 aromatic heterocycles. The summed E-state index contributed by atoms with van der Waals surface area (Å²) >= 11 is 6.27. The summed E-state index contributed by atoms with van der Waals surface area (Å²) in [4.78, 5) is 9.27. The average Bonchev–Trinajstić information content (AvgIpc) is 2.38. The molecule has 0 amide bonds. The van der Waals surface area contributed by atoms with Gasteiger partial charge in [0.1, 0.15) is 11.6 Å². The van der Waals surface area contributed by atoms with E-state index in [-0.39, 0.29) is 5.41 Å². The molecule has 1 aromatic carbocycles. The van der Waals surface area contributed by atoms with Crippen LogP contribution in [-0.4, -0.2) is 16.5 Å². The van der Waals surface area contributed by atoms with Gasteiger partial charge >= 0.3 is 0 Å². The number of aromatic nitrogens is 2. The van der Waals surface area contributed by atoms with Crippen LogP contribution in [0.4, 0.5) is 5.82 Å². The minimum Gasteiger partial charge on any atom is -0.370 e. The van der Waals surface area contributed by atoms with Crippen LogP contribution in [0.3, 0.4) is 0 Å². The monoisotopic (exact) mass is 289 g/mol. The van der Waals surface area contributed by atoms with Crippen molar-refractivity contribution in [2.45, 2.75) is 33.1 Å². The smallest absolute Gasteiger partial charge is 0.136 e. The van der Waals surface area contributed by atoms with Crippen LogP contribution in [0, 0.1) is 0 Å². The Morgan fingerprint density at radius 2 is 1.85 bits per heavy atom. The molecule has 0 spiro atoms. The van der Waals surface area contributed by atoms with Crippen molar-refractivity contribution in [1.29, 1.82) is 0 Å².